The fourth-order valence-corrected chi connectivity index (χ4v) is 3.39. The molecule has 3 heteroatoms. The average molecular weight is 253 g/mol. The van der Waals surface area contributed by atoms with Gasteiger partial charge in [0.1, 0.15) is 0 Å². The first kappa shape index (κ1) is 14.3. The first-order valence-electron chi connectivity index (χ1n) is 7.87. The lowest BCUT2D eigenvalue weighted by atomic mass is 9.99. The fourth-order valence-electron chi connectivity index (χ4n) is 3.39. The molecule has 0 unspecified atom stereocenters. The Labute approximate surface area is 113 Å². The van der Waals surface area contributed by atoms with Crippen molar-refractivity contribution < 1.29 is 0 Å². The predicted octanol–water partition coefficient (Wildman–Crippen LogP) is 1.94. The second-order valence-corrected chi connectivity index (χ2v) is 6.59. The Hall–Kier alpha value is -0.120. The molecule has 2 aliphatic heterocycles. The molecule has 1 N–H and O–H groups in total. The summed E-state index contributed by atoms with van der Waals surface area (Å²) in [6.07, 6.45) is 7.12. The lowest BCUT2D eigenvalue weighted by Crippen LogP contribution is -2.57. The van der Waals surface area contributed by atoms with Crippen molar-refractivity contribution >= 4 is 0 Å². The monoisotopic (exact) mass is 253 g/mol. The minimum absolute atomic E-state index is 0.335. The smallest absolute Gasteiger partial charge is 0.0281 e. The summed E-state index contributed by atoms with van der Waals surface area (Å²) >= 11 is 0. The van der Waals surface area contributed by atoms with Crippen molar-refractivity contribution in [2.75, 3.05) is 45.8 Å². The first-order chi connectivity index (χ1) is 8.68. The van der Waals surface area contributed by atoms with E-state index in [0.717, 1.165) is 13.1 Å². The molecule has 3 nitrogen and oxygen atoms in total. The van der Waals surface area contributed by atoms with Crippen molar-refractivity contribution in [3.63, 3.8) is 0 Å². The van der Waals surface area contributed by atoms with E-state index >= 15 is 0 Å². The third-order valence-electron chi connectivity index (χ3n) is 4.53. The molecule has 2 rings (SSSR count). The standard InChI is InChI=1S/C15H31N3/c1-15(2,18-12-8-16-9-13-18)14-17-10-6-4-3-5-7-11-17/h16H,3-14H2,1-2H3. The van der Waals surface area contributed by atoms with Crippen molar-refractivity contribution in [2.45, 2.75) is 51.5 Å². The maximum Gasteiger partial charge on any atom is 0.0281 e. The Morgan fingerprint density at radius 3 is 2.00 bits per heavy atom. The number of nitrogens with zero attached hydrogens (tertiary/aromatic N) is 2. The Morgan fingerprint density at radius 1 is 0.833 bits per heavy atom. The van der Waals surface area contributed by atoms with Crippen LogP contribution in [0.15, 0.2) is 0 Å². The van der Waals surface area contributed by atoms with Crippen LogP contribution in [-0.2, 0) is 0 Å². The number of hydrogen-bond donors (Lipinski definition) is 1. The van der Waals surface area contributed by atoms with Crippen LogP contribution < -0.4 is 5.32 Å². The van der Waals surface area contributed by atoms with Gasteiger partial charge in [-0.1, -0.05) is 19.3 Å². The molecule has 0 atom stereocenters. The van der Waals surface area contributed by atoms with E-state index in [1.807, 2.05) is 0 Å². The highest BCUT2D eigenvalue weighted by molar-refractivity contribution is 4.87. The van der Waals surface area contributed by atoms with Gasteiger partial charge in [0.05, 0.1) is 0 Å². The van der Waals surface area contributed by atoms with Crippen LogP contribution in [0.1, 0.15) is 46.0 Å². The van der Waals surface area contributed by atoms with E-state index in [1.54, 1.807) is 0 Å². The van der Waals surface area contributed by atoms with Crippen LogP contribution in [0.3, 0.4) is 0 Å². The zero-order valence-electron chi connectivity index (χ0n) is 12.4. The van der Waals surface area contributed by atoms with Crippen molar-refractivity contribution in [3.8, 4) is 0 Å². The molecule has 0 saturated carbocycles. The lowest BCUT2D eigenvalue weighted by molar-refractivity contribution is 0.0603. The van der Waals surface area contributed by atoms with Crippen LogP contribution >= 0.6 is 0 Å². The van der Waals surface area contributed by atoms with Gasteiger partial charge in [-0.2, -0.15) is 0 Å². The number of likely N-dealkylation sites (tertiary alicyclic amines) is 1. The fraction of sp³-hybridized carbons (Fsp3) is 1.00. The van der Waals surface area contributed by atoms with Crippen LogP contribution in [-0.4, -0.2) is 61.2 Å². The van der Waals surface area contributed by atoms with E-state index in [1.165, 1.54) is 64.8 Å². The Morgan fingerprint density at radius 2 is 1.39 bits per heavy atom. The maximum absolute atomic E-state index is 3.45. The van der Waals surface area contributed by atoms with Crippen molar-refractivity contribution in [2.24, 2.45) is 0 Å². The molecule has 0 spiro atoms. The van der Waals surface area contributed by atoms with Crippen LogP contribution in [0.25, 0.3) is 0 Å². The molecule has 0 aromatic rings. The quantitative estimate of drug-likeness (QED) is 0.829. The van der Waals surface area contributed by atoms with E-state index in [4.69, 9.17) is 0 Å². The molecule has 0 radical (unpaired) electrons. The Balaban J connectivity index is 1.84. The summed E-state index contributed by atoms with van der Waals surface area (Å²) in [7, 11) is 0. The van der Waals surface area contributed by atoms with Gasteiger partial charge in [-0.25, -0.2) is 0 Å². The van der Waals surface area contributed by atoms with Crippen LogP contribution in [0.2, 0.25) is 0 Å². The minimum atomic E-state index is 0.335. The lowest BCUT2D eigenvalue weighted by Gasteiger charge is -2.44. The molecule has 106 valence electrons. The molecule has 2 aliphatic rings. The zero-order chi connectivity index (χ0) is 12.8. The van der Waals surface area contributed by atoms with Crippen molar-refractivity contribution in [1.82, 2.24) is 15.1 Å². The third kappa shape index (κ3) is 4.22. The number of nitrogens with one attached hydrogen (secondary N) is 1. The highest BCUT2D eigenvalue weighted by atomic mass is 15.3. The molecule has 0 amide bonds. The summed E-state index contributed by atoms with van der Waals surface area (Å²) in [5.74, 6) is 0. The van der Waals surface area contributed by atoms with Gasteiger partial charge in [-0.05, 0) is 39.8 Å². The molecule has 0 aromatic heterocycles. The maximum atomic E-state index is 3.45. The van der Waals surface area contributed by atoms with Gasteiger partial charge in [0.25, 0.3) is 0 Å². The molecule has 0 bridgehead atoms. The summed E-state index contributed by atoms with van der Waals surface area (Å²) in [6.45, 7) is 13.5. The van der Waals surface area contributed by atoms with Gasteiger partial charge >= 0.3 is 0 Å². The molecular formula is C15H31N3. The van der Waals surface area contributed by atoms with Crippen LogP contribution in [0.5, 0.6) is 0 Å². The highest BCUT2D eigenvalue weighted by Crippen LogP contribution is 2.19. The minimum Gasteiger partial charge on any atom is -0.314 e. The van der Waals surface area contributed by atoms with E-state index in [0.29, 0.717) is 5.54 Å². The summed E-state index contributed by atoms with van der Waals surface area (Å²) in [5.41, 5.74) is 0.335. The van der Waals surface area contributed by atoms with Gasteiger partial charge in [-0.15, -0.1) is 0 Å². The van der Waals surface area contributed by atoms with E-state index in [9.17, 15) is 0 Å². The van der Waals surface area contributed by atoms with E-state index in [-0.39, 0.29) is 0 Å². The molecule has 0 aromatic carbocycles. The normalized spacial score (nSPS) is 25.7. The molecule has 2 saturated heterocycles. The number of hydrogen-bond acceptors (Lipinski definition) is 3. The van der Waals surface area contributed by atoms with Gasteiger partial charge < -0.3 is 10.2 Å². The van der Waals surface area contributed by atoms with Crippen LogP contribution in [0, 0.1) is 0 Å². The number of piperazine rings is 1. The molecular weight excluding hydrogens is 222 g/mol. The average Bonchev–Trinajstić information content (AvgIpc) is 2.34. The van der Waals surface area contributed by atoms with Gasteiger partial charge in [0.2, 0.25) is 0 Å². The van der Waals surface area contributed by atoms with E-state index < -0.39 is 0 Å². The first-order valence-corrected chi connectivity index (χ1v) is 7.87. The summed E-state index contributed by atoms with van der Waals surface area (Å²) < 4.78 is 0. The largest absolute Gasteiger partial charge is 0.314 e. The Bertz CT molecular complexity index is 226. The highest BCUT2D eigenvalue weighted by Gasteiger charge is 2.29. The summed E-state index contributed by atoms with van der Waals surface area (Å²) in [5, 5.41) is 3.45. The zero-order valence-corrected chi connectivity index (χ0v) is 12.4. The molecule has 2 fully saturated rings. The van der Waals surface area contributed by atoms with Gasteiger partial charge in [-0.3, -0.25) is 4.90 Å². The van der Waals surface area contributed by atoms with Gasteiger partial charge in [0, 0.05) is 38.3 Å². The Kier molecular flexibility index (Phi) is 5.46. The molecule has 2 heterocycles. The number of rotatable bonds is 3. The van der Waals surface area contributed by atoms with Gasteiger partial charge in [0.15, 0.2) is 0 Å². The van der Waals surface area contributed by atoms with Crippen molar-refractivity contribution in [3.05, 3.63) is 0 Å². The summed E-state index contributed by atoms with van der Waals surface area (Å²) in [6, 6.07) is 0. The molecule has 18 heavy (non-hydrogen) atoms. The predicted molar refractivity (Wildman–Crippen MR) is 78.0 cm³/mol. The summed E-state index contributed by atoms with van der Waals surface area (Å²) in [4.78, 5) is 5.38. The second kappa shape index (κ2) is 6.88. The topological polar surface area (TPSA) is 18.5 Å². The second-order valence-electron chi connectivity index (χ2n) is 6.59. The van der Waals surface area contributed by atoms with Crippen molar-refractivity contribution in [1.29, 1.82) is 0 Å². The SMILES string of the molecule is CC(C)(CN1CCCCCCC1)N1CCNCC1. The van der Waals surface area contributed by atoms with E-state index in [2.05, 4.69) is 29.0 Å². The van der Waals surface area contributed by atoms with Crippen LogP contribution in [0.4, 0.5) is 0 Å². The molecule has 0 aliphatic carbocycles. The third-order valence-corrected chi connectivity index (χ3v) is 4.53.